The zero-order chi connectivity index (χ0) is 17.8. The molecule has 25 heavy (non-hydrogen) atoms. The van der Waals surface area contributed by atoms with Crippen molar-refractivity contribution in [3.8, 4) is 23.4 Å². The van der Waals surface area contributed by atoms with E-state index in [0.29, 0.717) is 29.6 Å². The molecule has 0 radical (unpaired) electrons. The maximum absolute atomic E-state index is 9.41. The first kappa shape index (κ1) is 16.5. The number of hydrogen-bond acceptors (Lipinski definition) is 4. The van der Waals surface area contributed by atoms with E-state index in [1.165, 1.54) is 5.56 Å². The maximum atomic E-state index is 9.41. The number of methoxy groups -OCH3 is 1. The summed E-state index contributed by atoms with van der Waals surface area (Å²) in [5.41, 5.74) is 9.22. The lowest BCUT2D eigenvalue weighted by atomic mass is 10.1. The smallest absolute Gasteiger partial charge is 0.224 e. The number of nitrogens with zero attached hydrogens (tertiary/aromatic N) is 2. The highest BCUT2D eigenvalue weighted by Crippen LogP contribution is 2.32. The minimum atomic E-state index is 0.430. The van der Waals surface area contributed by atoms with Crippen LogP contribution in [0.3, 0.4) is 0 Å². The molecule has 0 saturated carbocycles. The highest BCUT2D eigenvalue weighted by atomic mass is 16.5. The maximum Gasteiger partial charge on any atom is 0.224 e. The lowest BCUT2D eigenvalue weighted by Crippen LogP contribution is -2.05. The molecule has 0 aliphatic carbocycles. The Morgan fingerprint density at radius 2 is 1.68 bits per heavy atom. The van der Waals surface area contributed by atoms with Gasteiger partial charge in [-0.1, -0.05) is 29.8 Å². The Labute approximate surface area is 146 Å². The van der Waals surface area contributed by atoms with Crippen LogP contribution < -0.4 is 15.2 Å². The van der Waals surface area contributed by atoms with Gasteiger partial charge >= 0.3 is 0 Å². The van der Waals surface area contributed by atoms with Gasteiger partial charge in [0.25, 0.3) is 0 Å². The molecule has 5 nitrogen and oxygen atoms in total. The Morgan fingerprint density at radius 3 is 2.28 bits per heavy atom. The highest BCUT2D eigenvalue weighted by Gasteiger charge is 2.16. The van der Waals surface area contributed by atoms with Crippen molar-refractivity contribution in [3.05, 3.63) is 71.4 Å². The Balaban J connectivity index is 1.93. The van der Waals surface area contributed by atoms with Crippen molar-refractivity contribution in [2.24, 2.45) is 0 Å². The molecule has 1 heterocycles. The summed E-state index contributed by atoms with van der Waals surface area (Å²) in [6, 6.07) is 19.2. The van der Waals surface area contributed by atoms with Crippen molar-refractivity contribution in [2.45, 2.75) is 13.5 Å². The van der Waals surface area contributed by atoms with Gasteiger partial charge in [0, 0.05) is 6.07 Å². The fraction of sp³-hybridized carbons (Fsp3) is 0.150. The van der Waals surface area contributed by atoms with Crippen LogP contribution in [0, 0.1) is 18.3 Å². The predicted octanol–water partition coefficient (Wildman–Crippen LogP) is 4.10. The van der Waals surface area contributed by atoms with Gasteiger partial charge in [-0.3, -0.25) is 4.57 Å². The van der Waals surface area contributed by atoms with E-state index in [2.05, 4.69) is 6.07 Å². The van der Waals surface area contributed by atoms with Gasteiger partial charge in [-0.15, -0.1) is 0 Å². The van der Waals surface area contributed by atoms with Crippen LogP contribution in [0.4, 0.5) is 5.69 Å². The van der Waals surface area contributed by atoms with Crippen molar-refractivity contribution in [1.29, 1.82) is 5.26 Å². The van der Waals surface area contributed by atoms with Gasteiger partial charge in [0.2, 0.25) is 5.88 Å². The molecule has 1 aromatic heterocycles. The molecule has 0 amide bonds. The summed E-state index contributed by atoms with van der Waals surface area (Å²) in [4.78, 5) is 0. The second-order valence-corrected chi connectivity index (χ2v) is 5.75. The SMILES string of the molecule is COc1ccc(Oc2c(N)cc(C#N)n2Cc2ccc(C)cc2)cc1. The van der Waals surface area contributed by atoms with E-state index in [1.807, 2.05) is 43.3 Å². The predicted molar refractivity (Wildman–Crippen MR) is 96.9 cm³/mol. The van der Waals surface area contributed by atoms with Crippen molar-refractivity contribution in [1.82, 2.24) is 4.57 Å². The zero-order valence-corrected chi connectivity index (χ0v) is 14.2. The minimum Gasteiger partial charge on any atom is -0.497 e. The van der Waals surface area contributed by atoms with Crippen molar-refractivity contribution >= 4 is 5.69 Å². The molecule has 3 aromatic rings. The molecular weight excluding hydrogens is 314 g/mol. The molecule has 0 fully saturated rings. The molecule has 0 spiro atoms. The molecule has 0 atom stereocenters. The molecule has 0 aliphatic rings. The number of rotatable bonds is 5. The van der Waals surface area contributed by atoms with E-state index in [1.54, 1.807) is 29.9 Å². The van der Waals surface area contributed by atoms with Crippen molar-refractivity contribution in [3.63, 3.8) is 0 Å². The molecule has 126 valence electrons. The summed E-state index contributed by atoms with van der Waals surface area (Å²) in [5.74, 6) is 1.83. The molecule has 2 aromatic carbocycles. The largest absolute Gasteiger partial charge is 0.497 e. The number of anilines is 1. The molecule has 0 bridgehead atoms. The third kappa shape index (κ3) is 3.59. The average molecular weight is 333 g/mol. The molecule has 5 heteroatoms. The first-order chi connectivity index (χ1) is 12.1. The fourth-order valence-corrected chi connectivity index (χ4v) is 2.55. The van der Waals surface area contributed by atoms with E-state index >= 15 is 0 Å². The molecule has 2 N–H and O–H groups in total. The summed E-state index contributed by atoms with van der Waals surface area (Å²) in [5, 5.41) is 9.41. The van der Waals surface area contributed by atoms with Gasteiger partial charge < -0.3 is 15.2 Å². The molecule has 0 saturated heterocycles. The van der Waals surface area contributed by atoms with E-state index in [-0.39, 0.29) is 0 Å². The fourth-order valence-electron chi connectivity index (χ4n) is 2.55. The Bertz CT molecular complexity index is 904. The van der Waals surface area contributed by atoms with Crippen molar-refractivity contribution < 1.29 is 9.47 Å². The quantitative estimate of drug-likeness (QED) is 0.763. The third-order valence-corrected chi connectivity index (χ3v) is 3.92. The summed E-state index contributed by atoms with van der Waals surface area (Å²) in [6.45, 7) is 2.54. The van der Waals surface area contributed by atoms with E-state index in [0.717, 1.165) is 11.3 Å². The highest BCUT2D eigenvalue weighted by molar-refractivity contribution is 5.57. The van der Waals surface area contributed by atoms with Crippen molar-refractivity contribution in [2.75, 3.05) is 12.8 Å². The summed E-state index contributed by atoms with van der Waals surface area (Å²) >= 11 is 0. The lowest BCUT2D eigenvalue weighted by molar-refractivity contribution is 0.410. The molecule has 3 rings (SSSR count). The van der Waals surface area contributed by atoms with Gasteiger partial charge in [0.1, 0.15) is 23.3 Å². The second kappa shape index (κ2) is 7.02. The van der Waals surface area contributed by atoms with Crippen LogP contribution in [-0.2, 0) is 6.54 Å². The topological polar surface area (TPSA) is 73.2 Å². The molecule has 0 unspecified atom stereocenters. The number of benzene rings is 2. The van der Waals surface area contributed by atoms with E-state index in [4.69, 9.17) is 15.2 Å². The number of nitrogen functional groups attached to an aromatic ring is 1. The Morgan fingerprint density at radius 1 is 1.04 bits per heavy atom. The molecule has 0 aliphatic heterocycles. The van der Waals surface area contributed by atoms with Crippen LogP contribution in [0.15, 0.2) is 54.6 Å². The van der Waals surface area contributed by atoms with Gasteiger partial charge in [0.05, 0.1) is 19.3 Å². The minimum absolute atomic E-state index is 0.430. The van der Waals surface area contributed by atoms with Crippen LogP contribution in [0.1, 0.15) is 16.8 Å². The van der Waals surface area contributed by atoms with Gasteiger partial charge in [-0.2, -0.15) is 5.26 Å². The Hall–Kier alpha value is -3.39. The summed E-state index contributed by atoms with van der Waals surface area (Å²) in [7, 11) is 1.61. The van der Waals surface area contributed by atoms with Crippen LogP contribution in [-0.4, -0.2) is 11.7 Å². The standard InChI is InChI=1S/C20H19N3O2/c1-14-3-5-15(6-4-14)13-23-16(12-21)11-19(22)20(23)25-18-9-7-17(24-2)8-10-18/h3-11H,13,22H2,1-2H3. The van der Waals surface area contributed by atoms with Crippen LogP contribution in [0.25, 0.3) is 0 Å². The second-order valence-electron chi connectivity index (χ2n) is 5.75. The first-order valence-electron chi connectivity index (χ1n) is 7.87. The van der Waals surface area contributed by atoms with Gasteiger partial charge in [-0.25, -0.2) is 0 Å². The molecular formula is C20H19N3O2. The van der Waals surface area contributed by atoms with E-state index in [9.17, 15) is 5.26 Å². The van der Waals surface area contributed by atoms with Gasteiger partial charge in [-0.05, 0) is 36.8 Å². The van der Waals surface area contributed by atoms with Gasteiger partial charge in [0.15, 0.2) is 0 Å². The van der Waals surface area contributed by atoms with Crippen LogP contribution in [0.5, 0.6) is 17.4 Å². The summed E-state index contributed by atoms with van der Waals surface area (Å²) in [6.07, 6.45) is 0. The monoisotopic (exact) mass is 333 g/mol. The summed E-state index contributed by atoms with van der Waals surface area (Å²) < 4.78 is 12.9. The van der Waals surface area contributed by atoms with Crippen LogP contribution in [0.2, 0.25) is 0 Å². The number of aryl methyl sites for hydroxylation is 1. The number of ether oxygens (including phenoxy) is 2. The van der Waals surface area contributed by atoms with E-state index < -0.39 is 0 Å². The average Bonchev–Trinajstić information content (AvgIpc) is 2.93. The lowest BCUT2D eigenvalue weighted by Gasteiger charge is -2.13. The third-order valence-electron chi connectivity index (χ3n) is 3.92. The first-order valence-corrected chi connectivity index (χ1v) is 7.87. The zero-order valence-electron chi connectivity index (χ0n) is 14.2. The normalized spacial score (nSPS) is 10.3. The number of nitriles is 1. The van der Waals surface area contributed by atoms with Crippen LogP contribution >= 0.6 is 0 Å². The number of nitrogens with two attached hydrogens (primary N) is 1. The number of hydrogen-bond donors (Lipinski definition) is 1. The number of aromatic nitrogens is 1. The Kier molecular flexibility index (Phi) is 4.62.